The fourth-order valence-corrected chi connectivity index (χ4v) is 2.15. The van der Waals surface area contributed by atoms with E-state index in [0.717, 1.165) is 13.0 Å². The number of aliphatic imine (C=N–C) groups is 1. The molecule has 0 radical (unpaired) electrons. The largest absolute Gasteiger partial charge is 0.573 e. The standard InChI is InChI=1S/C16H20F3N5O.HI/c1-20-15(21-8-4-10-24-11-5-9-23-24)22-12-13-6-2-3-7-14(13)25-16(17,18)19;/h2-3,5-7,9,11H,4,8,10,12H2,1H3,(H2,20,21,22);1H. The van der Waals surface area contributed by atoms with Crippen LogP contribution < -0.4 is 15.4 Å². The topological polar surface area (TPSA) is 63.5 Å². The van der Waals surface area contributed by atoms with Crippen LogP contribution in [0.2, 0.25) is 0 Å². The van der Waals surface area contributed by atoms with Gasteiger partial charge in [0.15, 0.2) is 5.96 Å². The number of aryl methyl sites for hydroxylation is 1. The highest BCUT2D eigenvalue weighted by Gasteiger charge is 2.31. The summed E-state index contributed by atoms with van der Waals surface area (Å²) in [5.74, 6) is 0.277. The zero-order chi connectivity index (χ0) is 18.1. The van der Waals surface area contributed by atoms with Crippen molar-refractivity contribution < 1.29 is 17.9 Å². The molecule has 0 atom stereocenters. The zero-order valence-electron chi connectivity index (χ0n) is 14.2. The van der Waals surface area contributed by atoms with Crippen LogP contribution in [0.25, 0.3) is 0 Å². The van der Waals surface area contributed by atoms with Crippen LogP contribution in [0.4, 0.5) is 13.2 Å². The number of halogens is 4. The third-order valence-corrected chi connectivity index (χ3v) is 3.28. The van der Waals surface area contributed by atoms with E-state index in [2.05, 4.69) is 25.5 Å². The number of guanidine groups is 1. The zero-order valence-corrected chi connectivity index (χ0v) is 16.5. The summed E-state index contributed by atoms with van der Waals surface area (Å²) in [6.45, 7) is 1.57. The number of aromatic nitrogens is 2. The summed E-state index contributed by atoms with van der Waals surface area (Å²) in [6, 6.07) is 7.85. The van der Waals surface area contributed by atoms with Gasteiger partial charge in [-0.2, -0.15) is 5.10 Å². The van der Waals surface area contributed by atoms with Gasteiger partial charge in [-0.05, 0) is 18.6 Å². The quantitative estimate of drug-likeness (QED) is 0.275. The van der Waals surface area contributed by atoms with Crippen molar-refractivity contribution in [2.75, 3.05) is 13.6 Å². The highest BCUT2D eigenvalue weighted by Crippen LogP contribution is 2.25. The van der Waals surface area contributed by atoms with Crippen LogP contribution in [0.5, 0.6) is 5.75 Å². The van der Waals surface area contributed by atoms with Gasteiger partial charge in [0.25, 0.3) is 0 Å². The number of ether oxygens (including phenoxy) is 1. The lowest BCUT2D eigenvalue weighted by Crippen LogP contribution is -2.37. The number of hydrogen-bond donors (Lipinski definition) is 2. The molecule has 1 aromatic carbocycles. The van der Waals surface area contributed by atoms with Crippen LogP contribution in [0, 0.1) is 0 Å². The third kappa shape index (κ3) is 7.93. The first-order valence-corrected chi connectivity index (χ1v) is 7.73. The maximum Gasteiger partial charge on any atom is 0.573 e. The van der Waals surface area contributed by atoms with E-state index >= 15 is 0 Å². The number of para-hydroxylation sites is 1. The molecule has 1 aromatic heterocycles. The number of hydrogen-bond acceptors (Lipinski definition) is 3. The second-order valence-electron chi connectivity index (χ2n) is 5.13. The number of nitrogens with one attached hydrogen (secondary N) is 2. The highest BCUT2D eigenvalue weighted by molar-refractivity contribution is 14.0. The summed E-state index contributed by atoms with van der Waals surface area (Å²) in [5.41, 5.74) is 0.388. The maximum absolute atomic E-state index is 12.4. The predicted molar refractivity (Wildman–Crippen MR) is 104 cm³/mol. The van der Waals surface area contributed by atoms with Gasteiger partial charge in [-0.3, -0.25) is 9.67 Å². The molecule has 2 rings (SSSR count). The first-order valence-electron chi connectivity index (χ1n) is 7.73. The molecule has 0 spiro atoms. The molecule has 0 aliphatic carbocycles. The average molecular weight is 483 g/mol. The van der Waals surface area contributed by atoms with E-state index in [1.54, 1.807) is 25.4 Å². The molecule has 10 heteroatoms. The Morgan fingerprint density at radius 3 is 2.65 bits per heavy atom. The van der Waals surface area contributed by atoms with Gasteiger partial charge in [-0.1, -0.05) is 18.2 Å². The molecule has 144 valence electrons. The van der Waals surface area contributed by atoms with Gasteiger partial charge >= 0.3 is 6.36 Å². The monoisotopic (exact) mass is 483 g/mol. The lowest BCUT2D eigenvalue weighted by atomic mass is 10.2. The normalized spacial score (nSPS) is 11.6. The number of alkyl halides is 3. The van der Waals surface area contributed by atoms with Gasteiger partial charge in [0.05, 0.1) is 0 Å². The van der Waals surface area contributed by atoms with Gasteiger partial charge in [0, 0.05) is 44.6 Å². The molecular formula is C16H21F3IN5O. The minimum absolute atomic E-state index is 0. The lowest BCUT2D eigenvalue weighted by Gasteiger charge is -2.15. The summed E-state index contributed by atoms with van der Waals surface area (Å²) in [5, 5.41) is 10.2. The first-order chi connectivity index (χ1) is 12.0. The van der Waals surface area contributed by atoms with Gasteiger partial charge in [-0.15, -0.1) is 37.1 Å². The predicted octanol–water partition coefficient (Wildman–Crippen LogP) is 3.16. The molecule has 0 bridgehead atoms. The second-order valence-corrected chi connectivity index (χ2v) is 5.13. The molecule has 6 nitrogen and oxygen atoms in total. The molecule has 0 aliphatic heterocycles. The van der Waals surface area contributed by atoms with Crippen molar-refractivity contribution in [3.05, 3.63) is 48.3 Å². The van der Waals surface area contributed by atoms with Crippen molar-refractivity contribution >= 4 is 29.9 Å². The molecule has 0 saturated carbocycles. The van der Waals surface area contributed by atoms with Crippen LogP contribution >= 0.6 is 24.0 Å². The average Bonchev–Trinajstić information content (AvgIpc) is 3.07. The van der Waals surface area contributed by atoms with Crippen molar-refractivity contribution in [1.82, 2.24) is 20.4 Å². The number of nitrogens with zero attached hydrogens (tertiary/aromatic N) is 3. The molecular weight excluding hydrogens is 462 g/mol. The van der Waals surface area contributed by atoms with Gasteiger partial charge in [0.1, 0.15) is 5.75 Å². The van der Waals surface area contributed by atoms with Gasteiger partial charge < -0.3 is 15.4 Å². The highest BCUT2D eigenvalue weighted by atomic mass is 127. The Hall–Kier alpha value is -1.98. The minimum Gasteiger partial charge on any atom is -0.405 e. The Kier molecular flexibility index (Phi) is 9.24. The summed E-state index contributed by atoms with van der Waals surface area (Å²) >= 11 is 0. The number of rotatable bonds is 7. The maximum atomic E-state index is 12.4. The van der Waals surface area contributed by atoms with Crippen molar-refractivity contribution in [2.24, 2.45) is 4.99 Å². The van der Waals surface area contributed by atoms with Crippen molar-refractivity contribution in [3.8, 4) is 5.75 Å². The Balaban J connectivity index is 0.00000338. The molecule has 1 heterocycles. The van der Waals surface area contributed by atoms with Crippen molar-refractivity contribution in [1.29, 1.82) is 0 Å². The smallest absolute Gasteiger partial charge is 0.405 e. The van der Waals surface area contributed by atoms with E-state index in [9.17, 15) is 13.2 Å². The molecule has 0 unspecified atom stereocenters. The molecule has 0 saturated heterocycles. The molecule has 0 amide bonds. The van der Waals surface area contributed by atoms with E-state index in [-0.39, 0.29) is 36.3 Å². The third-order valence-electron chi connectivity index (χ3n) is 3.28. The summed E-state index contributed by atoms with van der Waals surface area (Å²) < 4.78 is 43.1. The molecule has 2 aromatic rings. The van der Waals surface area contributed by atoms with E-state index in [0.29, 0.717) is 18.1 Å². The molecule has 0 aliphatic rings. The van der Waals surface area contributed by atoms with E-state index in [4.69, 9.17) is 0 Å². The SMILES string of the molecule is CN=C(NCCCn1cccn1)NCc1ccccc1OC(F)(F)F.I. The van der Waals surface area contributed by atoms with Crippen LogP contribution in [0.15, 0.2) is 47.7 Å². The molecule has 26 heavy (non-hydrogen) atoms. The number of benzene rings is 1. The summed E-state index contributed by atoms with van der Waals surface area (Å²) in [7, 11) is 1.60. The minimum atomic E-state index is -4.72. The van der Waals surface area contributed by atoms with Gasteiger partial charge in [-0.25, -0.2) is 0 Å². The Bertz CT molecular complexity index is 677. The Labute approximate surface area is 166 Å². The Morgan fingerprint density at radius 2 is 2.00 bits per heavy atom. The fraction of sp³-hybridized carbons (Fsp3) is 0.375. The van der Waals surface area contributed by atoms with E-state index < -0.39 is 6.36 Å². The summed E-state index contributed by atoms with van der Waals surface area (Å²) in [4.78, 5) is 4.05. The molecule has 0 fully saturated rings. The fourth-order valence-electron chi connectivity index (χ4n) is 2.15. The first kappa shape index (κ1) is 22.1. The summed E-state index contributed by atoms with van der Waals surface area (Å²) in [6.07, 6.45) is -0.294. The Morgan fingerprint density at radius 1 is 1.23 bits per heavy atom. The van der Waals surface area contributed by atoms with E-state index in [1.807, 2.05) is 16.9 Å². The lowest BCUT2D eigenvalue weighted by molar-refractivity contribution is -0.274. The second kappa shape index (κ2) is 10.9. The van der Waals surface area contributed by atoms with Crippen LogP contribution in [0.1, 0.15) is 12.0 Å². The van der Waals surface area contributed by atoms with Crippen LogP contribution in [0.3, 0.4) is 0 Å². The van der Waals surface area contributed by atoms with Gasteiger partial charge in [0.2, 0.25) is 0 Å². The molecule has 2 N–H and O–H groups in total. The van der Waals surface area contributed by atoms with E-state index in [1.165, 1.54) is 12.1 Å². The van der Waals surface area contributed by atoms with Crippen LogP contribution in [-0.2, 0) is 13.1 Å². The van der Waals surface area contributed by atoms with Crippen molar-refractivity contribution in [3.63, 3.8) is 0 Å². The van der Waals surface area contributed by atoms with Crippen LogP contribution in [-0.4, -0.2) is 35.7 Å². The van der Waals surface area contributed by atoms with Crippen molar-refractivity contribution in [2.45, 2.75) is 25.9 Å².